The minimum atomic E-state index is -3.78. The Hall–Kier alpha value is -2.98. The molecule has 3 aromatic rings. The van der Waals surface area contributed by atoms with Crippen molar-refractivity contribution in [3.8, 4) is 0 Å². The second kappa shape index (κ2) is 8.04. The van der Waals surface area contributed by atoms with Gasteiger partial charge in [0.15, 0.2) is 5.82 Å². The summed E-state index contributed by atoms with van der Waals surface area (Å²) < 4.78 is 40.8. The van der Waals surface area contributed by atoms with E-state index < -0.39 is 21.9 Å². The summed E-state index contributed by atoms with van der Waals surface area (Å²) in [4.78, 5) is 17.5. The molecule has 2 aromatic heterocycles. The van der Waals surface area contributed by atoms with Crippen LogP contribution in [0.5, 0.6) is 0 Å². The second-order valence-electron chi connectivity index (χ2n) is 7.16. The lowest BCUT2D eigenvalue weighted by atomic mass is 10.2. The zero-order chi connectivity index (χ0) is 21.3. The van der Waals surface area contributed by atoms with Crippen LogP contribution in [0.25, 0.3) is 0 Å². The Morgan fingerprint density at radius 3 is 2.47 bits per heavy atom. The maximum absolute atomic E-state index is 13.2. The summed E-state index contributed by atoms with van der Waals surface area (Å²) >= 11 is 0. The molecule has 8 nitrogen and oxygen atoms in total. The molecule has 0 bridgehead atoms. The van der Waals surface area contributed by atoms with Crippen molar-refractivity contribution in [2.75, 3.05) is 11.9 Å². The van der Waals surface area contributed by atoms with Gasteiger partial charge in [-0.15, -0.1) is 0 Å². The fourth-order valence-corrected chi connectivity index (χ4v) is 5.23. The van der Waals surface area contributed by atoms with Crippen molar-refractivity contribution in [2.24, 2.45) is 0 Å². The summed E-state index contributed by atoms with van der Waals surface area (Å²) in [5, 5.41) is 3.04. The predicted octanol–water partition coefficient (Wildman–Crippen LogP) is 3.29. The molecule has 1 aromatic carbocycles. The zero-order valence-electron chi connectivity index (χ0n) is 16.6. The highest BCUT2D eigenvalue weighted by Crippen LogP contribution is 2.36. The Morgan fingerprint density at radius 2 is 1.77 bits per heavy atom. The average molecular weight is 428 g/mol. The van der Waals surface area contributed by atoms with Gasteiger partial charge in [0, 0.05) is 17.9 Å². The van der Waals surface area contributed by atoms with Crippen molar-refractivity contribution in [3.05, 3.63) is 65.6 Å². The topological polar surface area (TPSA) is 101 Å². The van der Waals surface area contributed by atoms with Gasteiger partial charge in [-0.2, -0.15) is 4.31 Å². The Kier molecular flexibility index (Phi) is 5.44. The minimum absolute atomic E-state index is 0.0571. The van der Waals surface area contributed by atoms with Crippen LogP contribution >= 0.6 is 0 Å². The molecule has 0 unspecified atom stereocenters. The highest BCUT2D eigenvalue weighted by atomic mass is 32.2. The molecule has 156 valence electrons. The van der Waals surface area contributed by atoms with E-state index in [0.717, 1.165) is 23.5 Å². The van der Waals surface area contributed by atoms with Crippen molar-refractivity contribution in [1.82, 2.24) is 24.2 Å². The summed E-state index contributed by atoms with van der Waals surface area (Å²) in [5.41, 5.74) is 2.18. The van der Waals surface area contributed by atoms with E-state index >= 15 is 0 Å². The van der Waals surface area contributed by atoms with Crippen molar-refractivity contribution in [2.45, 2.75) is 37.6 Å². The van der Waals surface area contributed by atoms with Gasteiger partial charge in [0.25, 0.3) is 0 Å². The number of sulfonamides is 1. The summed E-state index contributed by atoms with van der Waals surface area (Å²) in [5.74, 6) is 0.356. The largest absolute Gasteiger partial charge is 0.307 e. The van der Waals surface area contributed by atoms with E-state index in [4.69, 9.17) is 0 Å². The number of anilines is 2. The molecule has 0 saturated carbocycles. The van der Waals surface area contributed by atoms with Gasteiger partial charge in [-0.1, -0.05) is 0 Å². The fourth-order valence-electron chi connectivity index (χ4n) is 3.56. The van der Waals surface area contributed by atoms with E-state index in [9.17, 15) is 12.8 Å². The Labute approximate surface area is 174 Å². The summed E-state index contributed by atoms with van der Waals surface area (Å²) in [7, 11) is -3.78. The summed E-state index contributed by atoms with van der Waals surface area (Å²) in [6.45, 7) is 4.11. The van der Waals surface area contributed by atoms with Gasteiger partial charge in [-0.3, -0.25) is 4.98 Å². The van der Waals surface area contributed by atoms with Gasteiger partial charge in [0.05, 0.1) is 29.0 Å². The van der Waals surface area contributed by atoms with Crippen LogP contribution in [0.1, 0.15) is 36.0 Å². The monoisotopic (exact) mass is 428 g/mol. The van der Waals surface area contributed by atoms with Gasteiger partial charge in [-0.05, 0) is 57.0 Å². The van der Waals surface area contributed by atoms with Crippen LogP contribution in [0.3, 0.4) is 0 Å². The molecule has 30 heavy (non-hydrogen) atoms. The summed E-state index contributed by atoms with van der Waals surface area (Å²) in [6.07, 6.45) is 4.43. The molecule has 0 spiro atoms. The van der Waals surface area contributed by atoms with Crippen LogP contribution in [0.2, 0.25) is 0 Å². The molecule has 1 aliphatic heterocycles. The van der Waals surface area contributed by atoms with Crippen LogP contribution < -0.4 is 5.32 Å². The van der Waals surface area contributed by atoms with Crippen molar-refractivity contribution >= 4 is 21.8 Å². The minimum Gasteiger partial charge on any atom is -0.307 e. The third kappa shape index (κ3) is 4.14. The van der Waals surface area contributed by atoms with Crippen LogP contribution in [0, 0.1) is 19.7 Å². The first-order valence-corrected chi connectivity index (χ1v) is 11.0. The van der Waals surface area contributed by atoms with Gasteiger partial charge >= 0.3 is 0 Å². The molecule has 1 aliphatic rings. The quantitative estimate of drug-likeness (QED) is 0.665. The molecule has 0 radical (unpaired) electrons. The Morgan fingerprint density at radius 1 is 1.07 bits per heavy atom. The second-order valence-corrected chi connectivity index (χ2v) is 9.05. The number of nitrogens with zero attached hydrogens (tertiary/aromatic N) is 5. The van der Waals surface area contributed by atoms with E-state index in [-0.39, 0.29) is 4.90 Å². The smallest absolute Gasteiger partial charge is 0.243 e. The first-order chi connectivity index (χ1) is 14.3. The number of halogens is 1. The molecular weight excluding hydrogens is 407 g/mol. The SMILES string of the molecule is Cc1cc(C)nc(Nc2cncc([C@H]3CCCN3S(=O)(=O)c3ccc(F)cc3)n2)n1. The average Bonchev–Trinajstić information content (AvgIpc) is 3.18. The van der Waals surface area contributed by atoms with Crippen LogP contribution in [-0.2, 0) is 10.0 Å². The van der Waals surface area contributed by atoms with Gasteiger partial charge < -0.3 is 5.32 Å². The fraction of sp³-hybridized carbons (Fsp3) is 0.300. The molecule has 1 saturated heterocycles. The van der Waals surface area contributed by atoms with E-state index in [1.165, 1.54) is 22.6 Å². The number of aryl methyl sites for hydroxylation is 2. The maximum Gasteiger partial charge on any atom is 0.243 e. The van der Waals surface area contributed by atoms with Crippen molar-refractivity contribution in [3.63, 3.8) is 0 Å². The number of hydrogen-bond donors (Lipinski definition) is 1. The Balaban J connectivity index is 1.61. The molecule has 1 fully saturated rings. The number of rotatable bonds is 5. The van der Waals surface area contributed by atoms with E-state index in [0.29, 0.717) is 36.8 Å². The number of nitrogens with one attached hydrogen (secondary N) is 1. The van der Waals surface area contributed by atoms with Gasteiger partial charge in [-0.25, -0.2) is 27.8 Å². The van der Waals surface area contributed by atoms with E-state index in [1.807, 2.05) is 19.9 Å². The van der Waals surface area contributed by atoms with Crippen LogP contribution in [0.4, 0.5) is 16.2 Å². The molecular formula is C20H21FN6O2S. The third-order valence-electron chi connectivity index (χ3n) is 4.84. The van der Waals surface area contributed by atoms with Gasteiger partial charge in [0.2, 0.25) is 16.0 Å². The van der Waals surface area contributed by atoms with Crippen LogP contribution in [0.15, 0.2) is 47.6 Å². The molecule has 1 N–H and O–H groups in total. The van der Waals surface area contributed by atoms with E-state index in [2.05, 4.69) is 25.3 Å². The lowest BCUT2D eigenvalue weighted by Gasteiger charge is -2.23. The standard InChI is InChI=1S/C20H21FN6O2S/c1-13-10-14(2)24-20(23-13)26-19-12-22-11-17(25-19)18-4-3-9-27(18)30(28,29)16-7-5-15(21)6-8-16/h5-8,10-12,18H,3-4,9H2,1-2H3,(H,23,24,25,26)/t18-/m1/s1. The molecule has 3 heterocycles. The maximum atomic E-state index is 13.2. The highest BCUT2D eigenvalue weighted by Gasteiger charge is 2.37. The molecule has 4 rings (SSSR count). The predicted molar refractivity (Wildman–Crippen MR) is 109 cm³/mol. The van der Waals surface area contributed by atoms with Crippen LogP contribution in [-0.4, -0.2) is 39.2 Å². The first kappa shape index (κ1) is 20.3. The lowest BCUT2D eigenvalue weighted by Crippen LogP contribution is -2.31. The zero-order valence-corrected chi connectivity index (χ0v) is 17.4. The first-order valence-electron chi connectivity index (χ1n) is 9.51. The molecule has 10 heteroatoms. The third-order valence-corrected chi connectivity index (χ3v) is 6.76. The molecule has 1 atom stereocenters. The Bertz CT molecular complexity index is 1150. The lowest BCUT2D eigenvalue weighted by molar-refractivity contribution is 0.390. The van der Waals surface area contributed by atoms with Gasteiger partial charge in [0.1, 0.15) is 5.82 Å². The highest BCUT2D eigenvalue weighted by molar-refractivity contribution is 7.89. The normalized spacial score (nSPS) is 17.2. The number of benzene rings is 1. The van der Waals surface area contributed by atoms with Crippen molar-refractivity contribution < 1.29 is 12.8 Å². The van der Waals surface area contributed by atoms with E-state index in [1.54, 1.807) is 6.20 Å². The number of hydrogen-bond acceptors (Lipinski definition) is 7. The molecule has 0 aliphatic carbocycles. The molecule has 0 amide bonds. The summed E-state index contributed by atoms with van der Waals surface area (Å²) in [6, 6.07) is 6.26. The number of aromatic nitrogens is 4. The van der Waals surface area contributed by atoms with Crippen molar-refractivity contribution in [1.29, 1.82) is 0 Å².